The molecule has 0 aliphatic heterocycles. The number of anilines is 1. The van der Waals surface area contributed by atoms with E-state index >= 15 is 0 Å². The number of halogens is 2. The largest absolute Gasteiger partial charge is 0.474 e. The molecule has 0 aromatic heterocycles. The summed E-state index contributed by atoms with van der Waals surface area (Å²) < 4.78 is 7.02. The second kappa shape index (κ2) is 12.7. The Morgan fingerprint density at radius 1 is 0.947 bits per heavy atom. The van der Waals surface area contributed by atoms with Gasteiger partial charge in [0.15, 0.2) is 5.56 Å². The fraction of sp³-hybridized carbons (Fsp3) is 0.424. The van der Waals surface area contributed by atoms with E-state index in [1.54, 1.807) is 0 Å². The molecule has 0 bridgehead atoms. The molecule has 0 saturated heterocycles. The third kappa shape index (κ3) is 7.64. The van der Waals surface area contributed by atoms with Gasteiger partial charge in [-0.15, -0.1) is 0 Å². The van der Waals surface area contributed by atoms with Crippen molar-refractivity contribution in [2.24, 2.45) is 5.41 Å². The van der Waals surface area contributed by atoms with Crippen molar-refractivity contribution in [2.45, 2.75) is 86.3 Å². The number of carbonyl (C=O) groups excluding carboxylic acids is 1. The summed E-state index contributed by atoms with van der Waals surface area (Å²) in [6.07, 6.45) is 1.11. The molecule has 0 fully saturated rings. The zero-order valence-electron chi connectivity index (χ0n) is 24.0. The third-order valence-electron chi connectivity index (χ3n) is 6.71. The number of hydrogen-bond acceptors (Lipinski definition) is 2. The average molecular weight is 599 g/mol. The highest BCUT2D eigenvalue weighted by atomic mass is 79.9. The highest BCUT2D eigenvalue weighted by molar-refractivity contribution is 9.10. The highest BCUT2D eigenvalue weighted by Gasteiger charge is 2.29. The van der Waals surface area contributed by atoms with Crippen molar-refractivity contribution in [1.29, 1.82) is 0 Å². The Morgan fingerprint density at radius 3 is 2.08 bits per heavy atom. The molecular weight excluding hydrogens is 558 g/mol. The second-order valence-corrected chi connectivity index (χ2v) is 13.1. The molecule has 1 unspecified atom stereocenters. The van der Waals surface area contributed by atoms with Crippen LogP contribution in [0.2, 0.25) is 0 Å². The molecule has 3 aromatic rings. The molecule has 38 heavy (non-hydrogen) atoms. The number of carbonyl (C=O) groups is 1. The Labute approximate surface area is 242 Å². The van der Waals surface area contributed by atoms with E-state index in [-0.39, 0.29) is 11.3 Å². The summed E-state index contributed by atoms with van der Waals surface area (Å²) >= 11 is 10.2. The minimum Gasteiger partial charge on any atom is -0.474 e. The summed E-state index contributed by atoms with van der Waals surface area (Å²) in [4.78, 5) is 15.8. The molecule has 0 spiro atoms. The number of amides is 1. The van der Waals surface area contributed by atoms with Crippen LogP contribution in [0.5, 0.6) is 5.75 Å². The minimum absolute atomic E-state index is 0.103. The normalized spacial score (nSPS) is 12.5. The van der Waals surface area contributed by atoms with Gasteiger partial charge in [0.2, 0.25) is 5.91 Å². The van der Waals surface area contributed by atoms with Gasteiger partial charge in [0, 0.05) is 18.4 Å². The summed E-state index contributed by atoms with van der Waals surface area (Å²) in [5.74, 6) is 1.32. The molecule has 3 aromatic carbocycles. The summed E-state index contributed by atoms with van der Waals surface area (Å²) in [6.45, 7) is 17.2. The number of ether oxygens (including phenoxy) is 1. The molecule has 0 N–H and O–H groups in total. The van der Waals surface area contributed by atoms with E-state index in [0.717, 1.165) is 38.2 Å². The maximum Gasteiger partial charge on any atom is 0.227 e. The fourth-order valence-corrected chi connectivity index (χ4v) is 5.35. The molecule has 0 aliphatic rings. The summed E-state index contributed by atoms with van der Waals surface area (Å²) in [5, 5.41) is 0. The lowest BCUT2D eigenvalue weighted by Gasteiger charge is -2.32. The smallest absolute Gasteiger partial charge is 0.227 e. The van der Waals surface area contributed by atoms with Crippen LogP contribution < -0.4 is 9.64 Å². The molecule has 204 valence electrons. The highest BCUT2D eigenvalue weighted by Crippen LogP contribution is 2.44. The Hall–Kier alpha value is -2.30. The monoisotopic (exact) mass is 597 g/mol. The Kier molecular flexibility index (Phi) is 10.1. The van der Waals surface area contributed by atoms with E-state index in [9.17, 15) is 4.79 Å². The van der Waals surface area contributed by atoms with Gasteiger partial charge in [0.25, 0.3) is 0 Å². The van der Waals surface area contributed by atoms with Crippen LogP contribution in [0.25, 0.3) is 0 Å². The summed E-state index contributed by atoms with van der Waals surface area (Å²) in [5.41, 5.74) is 6.90. The van der Waals surface area contributed by atoms with Gasteiger partial charge in [-0.1, -0.05) is 101 Å². The number of rotatable bonds is 9. The van der Waals surface area contributed by atoms with Gasteiger partial charge in [-0.2, -0.15) is 0 Å². The lowest BCUT2D eigenvalue weighted by atomic mass is 9.90. The van der Waals surface area contributed by atoms with Crippen molar-refractivity contribution in [3.8, 4) is 5.75 Å². The van der Waals surface area contributed by atoms with Crippen LogP contribution in [-0.2, 0) is 17.8 Å². The maximum absolute atomic E-state index is 13.9. The first-order valence-corrected chi connectivity index (χ1v) is 14.6. The molecule has 3 rings (SSSR count). The van der Waals surface area contributed by atoms with Crippen LogP contribution >= 0.6 is 27.5 Å². The second-order valence-electron chi connectivity index (χ2n) is 11.7. The molecule has 1 atom stereocenters. The molecule has 0 heterocycles. The lowest BCUT2D eigenvalue weighted by molar-refractivity contribution is -0.120. The first-order valence-electron chi connectivity index (χ1n) is 13.3. The lowest BCUT2D eigenvalue weighted by Crippen LogP contribution is -2.34. The Morgan fingerprint density at radius 2 is 1.55 bits per heavy atom. The number of hydrogen-bond donors (Lipinski definition) is 0. The van der Waals surface area contributed by atoms with Gasteiger partial charge in [-0.05, 0) is 75.9 Å². The molecule has 3 nitrogen and oxygen atoms in total. The molecule has 0 aliphatic carbocycles. The van der Waals surface area contributed by atoms with Crippen molar-refractivity contribution in [3.63, 3.8) is 0 Å². The van der Waals surface area contributed by atoms with Crippen LogP contribution in [-0.4, -0.2) is 11.5 Å². The van der Waals surface area contributed by atoms with E-state index < -0.39 is 5.56 Å². The van der Waals surface area contributed by atoms with E-state index in [1.165, 1.54) is 11.1 Å². The van der Waals surface area contributed by atoms with Crippen LogP contribution in [0, 0.1) is 19.3 Å². The van der Waals surface area contributed by atoms with E-state index in [1.807, 2.05) is 36.9 Å². The molecule has 1 amide bonds. The summed E-state index contributed by atoms with van der Waals surface area (Å²) in [7, 11) is 0. The standard InChI is InChI=1S/C33H41BrClNO2/c1-21(2)27-16-14-25(15-17-27)18-28-22(3)31(23(4)30(34)32(28)38-24(5)35)36(29(37)19-33(6,7)8)20-26-12-10-9-11-13-26/h9-17,21,24H,18-20H2,1-8H3. The van der Waals surface area contributed by atoms with Gasteiger partial charge in [-0.3, -0.25) is 4.79 Å². The first-order chi connectivity index (χ1) is 17.8. The van der Waals surface area contributed by atoms with Gasteiger partial charge in [0.1, 0.15) is 5.75 Å². The van der Waals surface area contributed by atoms with Crippen molar-refractivity contribution in [3.05, 3.63) is 92.5 Å². The Balaban J connectivity index is 2.20. The van der Waals surface area contributed by atoms with Crippen molar-refractivity contribution >= 4 is 39.1 Å². The Bertz CT molecular complexity index is 1240. The van der Waals surface area contributed by atoms with E-state index in [2.05, 4.69) is 93.9 Å². The molecule has 0 radical (unpaired) electrons. The number of nitrogens with zero attached hydrogens (tertiary/aromatic N) is 1. The fourth-order valence-electron chi connectivity index (χ4n) is 4.74. The van der Waals surface area contributed by atoms with Crippen LogP contribution in [0.15, 0.2) is 59.1 Å². The number of benzene rings is 3. The van der Waals surface area contributed by atoms with E-state index in [4.69, 9.17) is 16.3 Å². The van der Waals surface area contributed by atoms with Crippen LogP contribution in [0.4, 0.5) is 5.69 Å². The van der Waals surface area contributed by atoms with E-state index in [0.29, 0.717) is 25.3 Å². The average Bonchev–Trinajstić information content (AvgIpc) is 2.84. The van der Waals surface area contributed by atoms with Gasteiger partial charge in [0.05, 0.1) is 16.7 Å². The quantitative estimate of drug-likeness (QED) is 0.229. The van der Waals surface area contributed by atoms with Crippen molar-refractivity contribution < 1.29 is 9.53 Å². The first kappa shape index (κ1) is 30.2. The predicted molar refractivity (Wildman–Crippen MR) is 165 cm³/mol. The third-order valence-corrected chi connectivity index (χ3v) is 7.75. The van der Waals surface area contributed by atoms with Gasteiger partial charge < -0.3 is 9.64 Å². The number of alkyl halides is 1. The zero-order valence-corrected chi connectivity index (χ0v) is 26.3. The molecular formula is C33H41BrClNO2. The van der Waals surface area contributed by atoms with Crippen LogP contribution in [0.1, 0.15) is 87.3 Å². The summed E-state index contributed by atoms with van der Waals surface area (Å²) in [6, 6.07) is 18.9. The predicted octanol–water partition coefficient (Wildman–Crippen LogP) is 9.71. The van der Waals surface area contributed by atoms with Gasteiger partial charge >= 0.3 is 0 Å². The van der Waals surface area contributed by atoms with Crippen LogP contribution in [0.3, 0.4) is 0 Å². The topological polar surface area (TPSA) is 29.5 Å². The minimum atomic E-state index is -0.499. The molecule has 0 saturated carbocycles. The maximum atomic E-state index is 13.9. The van der Waals surface area contributed by atoms with Crippen molar-refractivity contribution in [1.82, 2.24) is 0 Å². The van der Waals surface area contributed by atoms with Gasteiger partial charge in [-0.25, -0.2) is 0 Å². The molecule has 5 heteroatoms. The SMILES string of the molecule is Cc1c(Br)c(OC(C)Cl)c(Cc2ccc(C(C)C)cc2)c(C)c1N(Cc1ccccc1)C(=O)CC(C)(C)C. The zero-order chi connectivity index (χ0) is 28.2. The van der Waals surface area contributed by atoms with Crippen molar-refractivity contribution in [2.75, 3.05) is 4.90 Å².